The Morgan fingerprint density at radius 2 is 2.12 bits per heavy atom. The molecular formula is C14H17NO. The fraction of sp³-hybridized carbons (Fsp3) is 0.357. The highest BCUT2D eigenvalue weighted by Crippen LogP contribution is 2.25. The van der Waals surface area contributed by atoms with Crippen molar-refractivity contribution in [3.8, 4) is 0 Å². The zero-order chi connectivity index (χ0) is 11.4. The Hall–Kier alpha value is -1.57. The molecule has 0 radical (unpaired) electrons. The van der Waals surface area contributed by atoms with Gasteiger partial charge in [-0.25, -0.2) is 0 Å². The van der Waals surface area contributed by atoms with Gasteiger partial charge >= 0.3 is 0 Å². The Morgan fingerprint density at radius 1 is 1.38 bits per heavy atom. The zero-order valence-corrected chi connectivity index (χ0v) is 9.60. The lowest BCUT2D eigenvalue weighted by molar-refractivity contribution is -0.112. The van der Waals surface area contributed by atoms with E-state index in [1.54, 1.807) is 13.0 Å². The van der Waals surface area contributed by atoms with Crippen molar-refractivity contribution in [1.82, 2.24) is 0 Å². The molecule has 0 N–H and O–H groups in total. The lowest BCUT2D eigenvalue weighted by Gasteiger charge is -2.24. The fourth-order valence-electron chi connectivity index (χ4n) is 2.18. The van der Waals surface area contributed by atoms with E-state index in [0.717, 1.165) is 13.0 Å². The number of ketones is 1. The van der Waals surface area contributed by atoms with E-state index in [4.69, 9.17) is 0 Å². The van der Waals surface area contributed by atoms with Crippen LogP contribution in [0.25, 0.3) is 0 Å². The number of anilines is 1. The Morgan fingerprint density at radius 3 is 2.81 bits per heavy atom. The van der Waals surface area contributed by atoms with Gasteiger partial charge in [0.2, 0.25) is 0 Å². The van der Waals surface area contributed by atoms with Gasteiger partial charge in [0, 0.05) is 18.3 Å². The average molecular weight is 215 g/mol. The van der Waals surface area contributed by atoms with E-state index in [1.807, 2.05) is 12.1 Å². The van der Waals surface area contributed by atoms with Gasteiger partial charge in [-0.05, 0) is 38.0 Å². The number of benzene rings is 1. The molecule has 1 aliphatic rings. The van der Waals surface area contributed by atoms with Crippen LogP contribution in [0.4, 0.5) is 5.69 Å². The van der Waals surface area contributed by atoms with Crippen molar-refractivity contribution in [2.75, 3.05) is 11.4 Å². The summed E-state index contributed by atoms with van der Waals surface area (Å²) in [6.07, 6.45) is 6.05. The molecule has 0 aliphatic carbocycles. The number of carbonyl (C=O) groups excluding carboxylic acids is 1. The molecule has 0 bridgehead atoms. The molecule has 0 amide bonds. The molecule has 16 heavy (non-hydrogen) atoms. The van der Waals surface area contributed by atoms with E-state index in [9.17, 15) is 4.79 Å². The first kappa shape index (κ1) is 10.9. The SMILES string of the molecule is CC(=O)/C=C/[C@@H]1CCCN1c1ccccc1. The summed E-state index contributed by atoms with van der Waals surface area (Å²) in [5.41, 5.74) is 1.25. The van der Waals surface area contributed by atoms with E-state index in [2.05, 4.69) is 29.2 Å². The highest BCUT2D eigenvalue weighted by atomic mass is 16.1. The number of allylic oxidation sites excluding steroid dienone is 1. The van der Waals surface area contributed by atoms with Crippen molar-refractivity contribution in [1.29, 1.82) is 0 Å². The van der Waals surface area contributed by atoms with E-state index in [0.29, 0.717) is 6.04 Å². The van der Waals surface area contributed by atoms with Crippen LogP contribution in [0, 0.1) is 0 Å². The third-order valence-electron chi connectivity index (χ3n) is 2.94. The summed E-state index contributed by atoms with van der Waals surface area (Å²) in [6, 6.07) is 10.8. The molecule has 0 unspecified atom stereocenters. The standard InChI is InChI=1S/C14H17NO/c1-12(16)9-10-14-8-5-11-15(14)13-6-3-2-4-7-13/h2-4,6-7,9-10,14H,5,8,11H2,1H3/b10-9+/t14-/m0/s1. The molecule has 0 aromatic heterocycles. The van der Waals surface area contributed by atoms with Crippen LogP contribution >= 0.6 is 0 Å². The van der Waals surface area contributed by atoms with Crippen molar-refractivity contribution in [2.45, 2.75) is 25.8 Å². The second-order valence-corrected chi connectivity index (χ2v) is 4.21. The molecule has 1 heterocycles. The lowest BCUT2D eigenvalue weighted by Crippen LogP contribution is -2.27. The highest BCUT2D eigenvalue weighted by Gasteiger charge is 2.21. The second-order valence-electron chi connectivity index (χ2n) is 4.21. The van der Waals surface area contributed by atoms with Crippen molar-refractivity contribution < 1.29 is 4.79 Å². The Labute approximate surface area is 96.6 Å². The molecule has 1 aromatic carbocycles. The molecule has 2 rings (SSSR count). The number of nitrogens with zero attached hydrogens (tertiary/aromatic N) is 1. The minimum absolute atomic E-state index is 0.125. The largest absolute Gasteiger partial charge is 0.365 e. The topological polar surface area (TPSA) is 20.3 Å². The van der Waals surface area contributed by atoms with Crippen LogP contribution in [0.2, 0.25) is 0 Å². The molecule has 1 atom stereocenters. The Kier molecular flexibility index (Phi) is 3.40. The van der Waals surface area contributed by atoms with Gasteiger partial charge in [0.05, 0.1) is 0 Å². The van der Waals surface area contributed by atoms with Gasteiger partial charge in [-0.3, -0.25) is 4.79 Å². The fourth-order valence-corrected chi connectivity index (χ4v) is 2.18. The summed E-state index contributed by atoms with van der Waals surface area (Å²) in [4.78, 5) is 13.3. The van der Waals surface area contributed by atoms with Crippen LogP contribution in [0.1, 0.15) is 19.8 Å². The summed E-state index contributed by atoms with van der Waals surface area (Å²) >= 11 is 0. The van der Waals surface area contributed by atoms with Gasteiger partial charge in [-0.1, -0.05) is 24.3 Å². The minimum atomic E-state index is 0.125. The average Bonchev–Trinajstić information content (AvgIpc) is 2.75. The van der Waals surface area contributed by atoms with Crippen molar-refractivity contribution in [3.63, 3.8) is 0 Å². The lowest BCUT2D eigenvalue weighted by atomic mass is 10.2. The normalized spacial score (nSPS) is 20.6. The van der Waals surface area contributed by atoms with Gasteiger partial charge in [-0.2, -0.15) is 0 Å². The van der Waals surface area contributed by atoms with Gasteiger partial charge in [-0.15, -0.1) is 0 Å². The second kappa shape index (κ2) is 4.97. The maximum atomic E-state index is 10.9. The quantitative estimate of drug-likeness (QED) is 0.723. The highest BCUT2D eigenvalue weighted by molar-refractivity contribution is 5.87. The third-order valence-corrected chi connectivity index (χ3v) is 2.94. The van der Waals surface area contributed by atoms with Gasteiger partial charge in [0.1, 0.15) is 0 Å². The van der Waals surface area contributed by atoms with Crippen molar-refractivity contribution in [2.24, 2.45) is 0 Å². The molecule has 0 saturated carbocycles. The summed E-state index contributed by atoms with van der Waals surface area (Å²) in [6.45, 7) is 2.68. The molecule has 1 saturated heterocycles. The summed E-state index contributed by atoms with van der Waals surface area (Å²) < 4.78 is 0. The van der Waals surface area contributed by atoms with Gasteiger partial charge < -0.3 is 4.90 Å². The van der Waals surface area contributed by atoms with Crippen molar-refractivity contribution >= 4 is 11.5 Å². The maximum Gasteiger partial charge on any atom is 0.152 e. The Balaban J connectivity index is 2.12. The summed E-state index contributed by atoms with van der Waals surface area (Å²) in [5.74, 6) is 0.125. The predicted molar refractivity (Wildman–Crippen MR) is 66.6 cm³/mol. The molecular weight excluding hydrogens is 198 g/mol. The molecule has 2 nitrogen and oxygen atoms in total. The van der Waals surface area contributed by atoms with Crippen LogP contribution < -0.4 is 4.90 Å². The third kappa shape index (κ3) is 2.51. The van der Waals surface area contributed by atoms with Crippen molar-refractivity contribution in [3.05, 3.63) is 42.5 Å². The Bertz CT molecular complexity index is 383. The molecule has 0 spiro atoms. The number of hydrogen-bond acceptors (Lipinski definition) is 2. The molecule has 1 aromatic rings. The summed E-state index contributed by atoms with van der Waals surface area (Å²) in [5, 5.41) is 0. The minimum Gasteiger partial charge on any atom is -0.365 e. The number of hydrogen-bond donors (Lipinski definition) is 0. The monoisotopic (exact) mass is 215 g/mol. The zero-order valence-electron chi connectivity index (χ0n) is 9.60. The van der Waals surface area contributed by atoms with Crippen LogP contribution in [-0.2, 0) is 4.79 Å². The van der Waals surface area contributed by atoms with E-state index in [1.165, 1.54) is 12.1 Å². The number of para-hydroxylation sites is 1. The first-order chi connectivity index (χ1) is 7.77. The van der Waals surface area contributed by atoms with Gasteiger partial charge in [0.25, 0.3) is 0 Å². The molecule has 84 valence electrons. The van der Waals surface area contributed by atoms with E-state index in [-0.39, 0.29) is 5.78 Å². The van der Waals surface area contributed by atoms with Crippen LogP contribution in [0.3, 0.4) is 0 Å². The number of carbonyl (C=O) groups is 1. The van der Waals surface area contributed by atoms with Crippen LogP contribution in [0.5, 0.6) is 0 Å². The smallest absolute Gasteiger partial charge is 0.152 e. The van der Waals surface area contributed by atoms with E-state index < -0.39 is 0 Å². The first-order valence-electron chi connectivity index (χ1n) is 5.78. The van der Waals surface area contributed by atoms with Crippen LogP contribution in [0.15, 0.2) is 42.5 Å². The van der Waals surface area contributed by atoms with E-state index >= 15 is 0 Å². The van der Waals surface area contributed by atoms with Crippen LogP contribution in [-0.4, -0.2) is 18.4 Å². The number of rotatable bonds is 3. The predicted octanol–water partition coefficient (Wildman–Crippen LogP) is 2.80. The summed E-state index contributed by atoms with van der Waals surface area (Å²) in [7, 11) is 0. The molecule has 1 aliphatic heterocycles. The molecule has 2 heteroatoms. The molecule has 1 fully saturated rings. The maximum absolute atomic E-state index is 10.9. The first-order valence-corrected chi connectivity index (χ1v) is 5.78. The van der Waals surface area contributed by atoms with Gasteiger partial charge in [0.15, 0.2) is 5.78 Å².